The molecule has 2 N–H and O–H groups in total. The van der Waals surface area contributed by atoms with E-state index in [4.69, 9.17) is 0 Å². The Morgan fingerprint density at radius 1 is 1.10 bits per heavy atom. The summed E-state index contributed by atoms with van der Waals surface area (Å²) in [5.41, 5.74) is 5.96. The number of nitrogens with zero attached hydrogens (tertiary/aromatic N) is 2. The van der Waals surface area contributed by atoms with Crippen molar-refractivity contribution in [3.63, 3.8) is 0 Å². The van der Waals surface area contributed by atoms with Crippen LogP contribution in [0.15, 0.2) is 53.4 Å². The molecule has 1 aliphatic carbocycles. The van der Waals surface area contributed by atoms with Crippen molar-refractivity contribution >= 4 is 27.4 Å². The maximum absolute atomic E-state index is 13.4. The second-order valence-corrected chi connectivity index (χ2v) is 13.0. The summed E-state index contributed by atoms with van der Waals surface area (Å²) in [6.45, 7) is 7.65. The van der Waals surface area contributed by atoms with Gasteiger partial charge in [-0.25, -0.2) is 8.42 Å². The normalized spacial score (nSPS) is 22.2. The van der Waals surface area contributed by atoms with Crippen LogP contribution in [0.1, 0.15) is 67.3 Å². The highest BCUT2D eigenvalue weighted by molar-refractivity contribution is 7.89. The zero-order valence-corrected chi connectivity index (χ0v) is 24.3. The van der Waals surface area contributed by atoms with Gasteiger partial charge < -0.3 is 10.6 Å². The lowest BCUT2D eigenvalue weighted by molar-refractivity contribution is -0.132. The molecule has 0 spiro atoms. The molecule has 0 saturated carbocycles. The second kappa shape index (κ2) is 12.2. The first kappa shape index (κ1) is 28.5. The molecule has 0 aromatic heterocycles. The average molecular weight is 565 g/mol. The topological polar surface area (TPSA) is 98.8 Å². The number of fused-ring (bicyclic) bond motifs is 1. The minimum absolute atomic E-state index is 0.126. The molecule has 2 heterocycles. The van der Waals surface area contributed by atoms with Crippen LogP contribution in [-0.4, -0.2) is 68.2 Å². The van der Waals surface area contributed by atoms with Gasteiger partial charge in [-0.1, -0.05) is 48.9 Å². The zero-order chi connectivity index (χ0) is 28.3. The average Bonchev–Trinajstić information content (AvgIpc) is 2.95. The Kier molecular flexibility index (Phi) is 8.73. The molecule has 40 heavy (non-hydrogen) atoms. The number of hydrogen-bond donors (Lipinski definition) is 2. The highest BCUT2D eigenvalue weighted by Gasteiger charge is 2.40. The van der Waals surface area contributed by atoms with Crippen molar-refractivity contribution in [3.8, 4) is 0 Å². The summed E-state index contributed by atoms with van der Waals surface area (Å²) >= 11 is 0. The van der Waals surface area contributed by atoms with E-state index in [0.717, 1.165) is 56.4 Å². The largest absolute Gasteiger partial charge is 0.353 e. The van der Waals surface area contributed by atoms with Crippen LogP contribution < -0.4 is 10.6 Å². The molecule has 2 aromatic carbocycles. The number of carbonyl (C=O) groups excluding carboxylic acids is 2. The van der Waals surface area contributed by atoms with Crippen LogP contribution in [-0.2, 0) is 26.0 Å². The van der Waals surface area contributed by atoms with Gasteiger partial charge in [0, 0.05) is 26.2 Å². The van der Waals surface area contributed by atoms with Gasteiger partial charge in [0.1, 0.15) is 6.04 Å². The quantitative estimate of drug-likeness (QED) is 0.511. The molecule has 0 bridgehead atoms. The SMILES string of the molecule is CCCN1CC=C(c2ccc3c(c2)CCC[C@H]3NC(=O)C[C@@H]2C(=O)NCCN2S(=O)(=O)c2ccc(C)cc2)CC1. The lowest BCUT2D eigenvalue weighted by atomic mass is 9.85. The van der Waals surface area contributed by atoms with Crippen LogP contribution in [0.4, 0.5) is 0 Å². The molecular weight excluding hydrogens is 524 g/mol. The Bertz CT molecular complexity index is 1390. The second-order valence-electron chi connectivity index (χ2n) is 11.1. The lowest BCUT2D eigenvalue weighted by Gasteiger charge is -2.34. The van der Waals surface area contributed by atoms with Crippen molar-refractivity contribution in [2.24, 2.45) is 0 Å². The minimum Gasteiger partial charge on any atom is -0.353 e. The van der Waals surface area contributed by atoms with E-state index in [0.29, 0.717) is 0 Å². The van der Waals surface area contributed by atoms with Gasteiger partial charge in [-0.2, -0.15) is 4.31 Å². The Hall–Kier alpha value is -3.01. The van der Waals surface area contributed by atoms with Crippen molar-refractivity contribution in [2.75, 3.05) is 32.7 Å². The summed E-state index contributed by atoms with van der Waals surface area (Å²) < 4.78 is 28.0. The summed E-state index contributed by atoms with van der Waals surface area (Å²) in [5.74, 6) is -0.761. The van der Waals surface area contributed by atoms with Gasteiger partial charge in [-0.15, -0.1) is 0 Å². The van der Waals surface area contributed by atoms with Gasteiger partial charge in [-0.05, 0) is 80.0 Å². The van der Waals surface area contributed by atoms with Gasteiger partial charge in [0.2, 0.25) is 21.8 Å². The Morgan fingerprint density at radius 2 is 1.90 bits per heavy atom. The smallest absolute Gasteiger partial charge is 0.243 e. The number of rotatable bonds is 8. The minimum atomic E-state index is -3.93. The number of amides is 2. The zero-order valence-electron chi connectivity index (χ0n) is 23.5. The van der Waals surface area contributed by atoms with Gasteiger partial charge in [-0.3, -0.25) is 14.5 Å². The highest BCUT2D eigenvalue weighted by atomic mass is 32.2. The Labute approximate surface area is 237 Å². The molecule has 0 radical (unpaired) electrons. The van der Waals surface area contributed by atoms with E-state index in [1.165, 1.54) is 27.4 Å². The molecule has 214 valence electrons. The van der Waals surface area contributed by atoms with E-state index in [1.54, 1.807) is 24.3 Å². The molecule has 0 unspecified atom stereocenters. The number of benzene rings is 2. The van der Waals surface area contributed by atoms with Crippen LogP contribution in [0.2, 0.25) is 0 Å². The maximum atomic E-state index is 13.4. The molecule has 9 heteroatoms. The lowest BCUT2D eigenvalue weighted by Crippen LogP contribution is -2.58. The molecule has 2 atom stereocenters. The number of carbonyl (C=O) groups is 2. The van der Waals surface area contributed by atoms with Crippen molar-refractivity contribution < 1.29 is 18.0 Å². The third kappa shape index (κ3) is 6.16. The van der Waals surface area contributed by atoms with E-state index >= 15 is 0 Å². The summed E-state index contributed by atoms with van der Waals surface area (Å²) in [6.07, 6.45) is 7.08. The number of nitrogens with one attached hydrogen (secondary N) is 2. The summed E-state index contributed by atoms with van der Waals surface area (Å²) in [4.78, 5) is 28.7. The number of piperazine rings is 1. The van der Waals surface area contributed by atoms with Gasteiger partial charge in [0.25, 0.3) is 0 Å². The maximum Gasteiger partial charge on any atom is 0.243 e. The fourth-order valence-corrected chi connectivity index (χ4v) is 7.69. The van der Waals surface area contributed by atoms with Gasteiger partial charge in [0.05, 0.1) is 17.4 Å². The van der Waals surface area contributed by atoms with E-state index in [-0.39, 0.29) is 36.4 Å². The van der Waals surface area contributed by atoms with Crippen molar-refractivity contribution in [1.29, 1.82) is 0 Å². The highest BCUT2D eigenvalue weighted by Crippen LogP contribution is 2.33. The van der Waals surface area contributed by atoms with E-state index < -0.39 is 22.0 Å². The number of aryl methyl sites for hydroxylation is 2. The Morgan fingerprint density at radius 3 is 2.62 bits per heavy atom. The van der Waals surface area contributed by atoms with Crippen molar-refractivity contribution in [2.45, 2.75) is 69.4 Å². The number of sulfonamides is 1. The fraction of sp³-hybridized carbons (Fsp3) is 0.484. The predicted octanol–water partition coefficient (Wildman–Crippen LogP) is 3.57. The molecular formula is C31H40N4O4S. The third-order valence-electron chi connectivity index (χ3n) is 8.28. The summed E-state index contributed by atoms with van der Waals surface area (Å²) in [5, 5.41) is 5.85. The van der Waals surface area contributed by atoms with Gasteiger partial charge >= 0.3 is 0 Å². The summed E-state index contributed by atoms with van der Waals surface area (Å²) in [6, 6.07) is 11.9. The fourth-order valence-electron chi connectivity index (χ4n) is 6.11. The molecule has 8 nitrogen and oxygen atoms in total. The van der Waals surface area contributed by atoms with E-state index in [2.05, 4.69) is 46.7 Å². The first-order chi connectivity index (χ1) is 19.3. The van der Waals surface area contributed by atoms with Crippen molar-refractivity contribution in [3.05, 3.63) is 70.8 Å². The molecule has 1 fully saturated rings. The molecule has 1 saturated heterocycles. The van der Waals surface area contributed by atoms with Crippen LogP contribution >= 0.6 is 0 Å². The number of hydrogen-bond acceptors (Lipinski definition) is 5. The molecule has 2 aliphatic heterocycles. The first-order valence-electron chi connectivity index (χ1n) is 14.5. The van der Waals surface area contributed by atoms with Crippen LogP contribution in [0.25, 0.3) is 5.57 Å². The molecule has 5 rings (SSSR count). The standard InChI is InChI=1S/C31H40N4O4S/c1-3-16-34-17-13-23(14-18-34)24-9-12-27-25(20-24)5-4-6-28(27)33-30(36)21-29-31(37)32-15-19-35(29)40(38,39)26-10-7-22(2)8-11-26/h7-13,20,28-29H,3-6,14-19,21H2,1-2H3,(H,32,37)(H,33,36)/t28-,29-/m1/s1. The third-order valence-corrected chi connectivity index (χ3v) is 10.2. The van der Waals surface area contributed by atoms with Crippen molar-refractivity contribution in [1.82, 2.24) is 19.8 Å². The van der Waals surface area contributed by atoms with E-state index in [1.807, 2.05) is 6.92 Å². The van der Waals surface area contributed by atoms with E-state index in [9.17, 15) is 18.0 Å². The molecule has 2 aromatic rings. The predicted molar refractivity (Wildman–Crippen MR) is 156 cm³/mol. The van der Waals surface area contributed by atoms with Crippen LogP contribution in [0, 0.1) is 6.92 Å². The summed E-state index contributed by atoms with van der Waals surface area (Å²) in [7, 11) is -3.93. The van der Waals surface area contributed by atoms with Crippen LogP contribution in [0.3, 0.4) is 0 Å². The molecule has 2 amide bonds. The monoisotopic (exact) mass is 564 g/mol. The van der Waals surface area contributed by atoms with Gasteiger partial charge in [0.15, 0.2) is 0 Å². The Balaban J connectivity index is 1.28. The molecule has 3 aliphatic rings. The van der Waals surface area contributed by atoms with Crippen LogP contribution in [0.5, 0.6) is 0 Å². The first-order valence-corrected chi connectivity index (χ1v) is 15.9.